The minimum Gasteiger partial charge on any atom is -0.385 e. The van der Waals surface area contributed by atoms with Gasteiger partial charge in [-0.3, -0.25) is 10.1 Å². The molecule has 0 saturated heterocycles. The summed E-state index contributed by atoms with van der Waals surface area (Å²) in [5.74, 6) is 0.227. The van der Waals surface area contributed by atoms with E-state index in [2.05, 4.69) is 4.90 Å². The number of alkyl halides is 1. The standard InChI is InChI=1S/C14H21ClN2O4/c1-20-8-3-6-16(7-9-21-2)14-5-4-13(17(18)19)10-12(14)11-15/h4-5,10H,3,6-9,11H2,1-2H3. The zero-order chi connectivity index (χ0) is 15.7. The lowest BCUT2D eigenvalue weighted by Gasteiger charge is -2.26. The summed E-state index contributed by atoms with van der Waals surface area (Å²) < 4.78 is 10.2. The molecule has 0 aromatic heterocycles. The predicted octanol–water partition coefficient (Wildman–Crippen LogP) is 2.82. The predicted molar refractivity (Wildman–Crippen MR) is 83.2 cm³/mol. The van der Waals surface area contributed by atoms with E-state index < -0.39 is 4.92 Å². The second-order valence-corrected chi connectivity index (χ2v) is 4.80. The van der Waals surface area contributed by atoms with Crippen molar-refractivity contribution in [2.24, 2.45) is 0 Å². The number of halogens is 1. The number of hydrogen-bond donors (Lipinski definition) is 0. The molecule has 1 aromatic rings. The van der Waals surface area contributed by atoms with Gasteiger partial charge in [0.1, 0.15) is 0 Å². The Morgan fingerprint density at radius 3 is 2.52 bits per heavy atom. The quantitative estimate of drug-likeness (QED) is 0.287. The van der Waals surface area contributed by atoms with Crippen molar-refractivity contribution in [1.29, 1.82) is 0 Å². The number of hydrogen-bond acceptors (Lipinski definition) is 5. The van der Waals surface area contributed by atoms with Crippen LogP contribution in [0.4, 0.5) is 11.4 Å². The maximum absolute atomic E-state index is 10.8. The molecule has 0 radical (unpaired) electrons. The van der Waals surface area contributed by atoms with Crippen LogP contribution in [-0.4, -0.2) is 45.4 Å². The van der Waals surface area contributed by atoms with Crippen LogP contribution in [0.5, 0.6) is 0 Å². The van der Waals surface area contributed by atoms with Gasteiger partial charge >= 0.3 is 0 Å². The van der Waals surface area contributed by atoms with Gasteiger partial charge in [-0.2, -0.15) is 0 Å². The Bertz CT molecular complexity index is 457. The van der Waals surface area contributed by atoms with Crippen molar-refractivity contribution in [3.8, 4) is 0 Å². The van der Waals surface area contributed by atoms with Gasteiger partial charge in [0, 0.05) is 57.6 Å². The van der Waals surface area contributed by atoms with Gasteiger partial charge in [0.05, 0.1) is 11.5 Å². The molecule has 0 spiro atoms. The second kappa shape index (κ2) is 9.55. The van der Waals surface area contributed by atoms with Crippen LogP contribution >= 0.6 is 11.6 Å². The fourth-order valence-corrected chi connectivity index (χ4v) is 2.27. The highest BCUT2D eigenvalue weighted by atomic mass is 35.5. The van der Waals surface area contributed by atoms with E-state index in [1.54, 1.807) is 20.3 Å². The molecule has 7 heteroatoms. The highest BCUT2D eigenvalue weighted by molar-refractivity contribution is 6.17. The molecule has 0 aliphatic heterocycles. The van der Waals surface area contributed by atoms with Crippen LogP contribution in [0.15, 0.2) is 18.2 Å². The van der Waals surface area contributed by atoms with Crippen molar-refractivity contribution >= 4 is 23.0 Å². The molecule has 1 aromatic carbocycles. The van der Waals surface area contributed by atoms with Crippen molar-refractivity contribution in [1.82, 2.24) is 0 Å². The van der Waals surface area contributed by atoms with Gasteiger partial charge in [-0.15, -0.1) is 11.6 Å². The Balaban J connectivity index is 2.95. The summed E-state index contributed by atoms with van der Waals surface area (Å²) >= 11 is 5.94. The highest BCUT2D eigenvalue weighted by Gasteiger charge is 2.15. The molecule has 21 heavy (non-hydrogen) atoms. The third kappa shape index (κ3) is 5.49. The summed E-state index contributed by atoms with van der Waals surface area (Å²) in [5.41, 5.74) is 1.71. The molecule has 0 saturated carbocycles. The van der Waals surface area contributed by atoms with E-state index in [4.69, 9.17) is 21.1 Å². The Labute approximate surface area is 129 Å². The molecule has 0 aliphatic rings. The van der Waals surface area contributed by atoms with Crippen LogP contribution in [0, 0.1) is 10.1 Å². The van der Waals surface area contributed by atoms with Gasteiger partial charge in [-0.1, -0.05) is 0 Å². The lowest BCUT2D eigenvalue weighted by molar-refractivity contribution is -0.384. The summed E-state index contributed by atoms with van der Waals surface area (Å²) in [5, 5.41) is 10.8. The van der Waals surface area contributed by atoms with Gasteiger partial charge in [-0.25, -0.2) is 0 Å². The minimum absolute atomic E-state index is 0.0537. The van der Waals surface area contributed by atoms with E-state index in [-0.39, 0.29) is 11.6 Å². The molecule has 0 aliphatic carbocycles. The van der Waals surface area contributed by atoms with Gasteiger partial charge in [-0.05, 0) is 18.1 Å². The van der Waals surface area contributed by atoms with Crippen molar-refractivity contribution in [3.63, 3.8) is 0 Å². The Morgan fingerprint density at radius 2 is 1.95 bits per heavy atom. The Hall–Kier alpha value is -1.37. The molecule has 0 heterocycles. The molecule has 0 fully saturated rings. The van der Waals surface area contributed by atoms with Crippen LogP contribution in [-0.2, 0) is 15.4 Å². The summed E-state index contributed by atoms with van der Waals surface area (Å²) in [6.07, 6.45) is 0.860. The van der Waals surface area contributed by atoms with Crippen molar-refractivity contribution in [3.05, 3.63) is 33.9 Å². The molecule has 0 atom stereocenters. The maximum atomic E-state index is 10.8. The normalized spacial score (nSPS) is 10.6. The number of non-ortho nitro benzene ring substituents is 1. The number of nitro benzene ring substituents is 1. The average Bonchev–Trinajstić information content (AvgIpc) is 2.50. The lowest BCUT2D eigenvalue weighted by Crippen LogP contribution is -2.29. The second-order valence-electron chi connectivity index (χ2n) is 4.53. The van der Waals surface area contributed by atoms with Crippen LogP contribution < -0.4 is 4.90 Å². The van der Waals surface area contributed by atoms with Crippen molar-refractivity contribution in [2.45, 2.75) is 12.3 Å². The fourth-order valence-electron chi connectivity index (χ4n) is 2.05. The van der Waals surface area contributed by atoms with E-state index in [1.807, 2.05) is 0 Å². The largest absolute Gasteiger partial charge is 0.385 e. The van der Waals surface area contributed by atoms with E-state index in [1.165, 1.54) is 12.1 Å². The average molecular weight is 317 g/mol. The first-order valence-electron chi connectivity index (χ1n) is 6.70. The molecule has 0 unspecified atom stereocenters. The van der Waals surface area contributed by atoms with Crippen LogP contribution in [0.25, 0.3) is 0 Å². The molecule has 118 valence electrons. The molecule has 0 N–H and O–H groups in total. The number of anilines is 1. The van der Waals surface area contributed by atoms with Gasteiger partial charge < -0.3 is 14.4 Å². The van der Waals surface area contributed by atoms with Crippen LogP contribution in [0.3, 0.4) is 0 Å². The van der Waals surface area contributed by atoms with Gasteiger partial charge in [0.25, 0.3) is 5.69 Å². The summed E-state index contributed by atoms with van der Waals surface area (Å²) in [4.78, 5) is 12.5. The maximum Gasteiger partial charge on any atom is 0.269 e. The van der Waals surface area contributed by atoms with E-state index in [9.17, 15) is 10.1 Å². The van der Waals surface area contributed by atoms with Crippen LogP contribution in [0.1, 0.15) is 12.0 Å². The zero-order valence-corrected chi connectivity index (χ0v) is 13.1. The number of nitro groups is 1. The summed E-state index contributed by atoms with van der Waals surface area (Å²) in [6, 6.07) is 4.78. The van der Waals surface area contributed by atoms with E-state index >= 15 is 0 Å². The molecular formula is C14H21ClN2O4. The number of rotatable bonds is 10. The Morgan fingerprint density at radius 1 is 1.24 bits per heavy atom. The SMILES string of the molecule is COCCCN(CCOC)c1ccc([N+](=O)[O-])cc1CCl. The first kappa shape index (κ1) is 17.7. The molecule has 6 nitrogen and oxygen atoms in total. The monoisotopic (exact) mass is 316 g/mol. The zero-order valence-electron chi connectivity index (χ0n) is 12.4. The number of methoxy groups -OCH3 is 2. The lowest BCUT2D eigenvalue weighted by atomic mass is 10.1. The number of ether oxygens (including phenoxy) is 2. The first-order valence-corrected chi connectivity index (χ1v) is 7.23. The third-order valence-electron chi connectivity index (χ3n) is 3.10. The first-order chi connectivity index (χ1) is 10.1. The van der Waals surface area contributed by atoms with Crippen molar-refractivity contribution < 1.29 is 14.4 Å². The van der Waals surface area contributed by atoms with Gasteiger partial charge in [0.2, 0.25) is 0 Å². The van der Waals surface area contributed by atoms with E-state index in [0.29, 0.717) is 19.8 Å². The topological polar surface area (TPSA) is 64.8 Å². The highest BCUT2D eigenvalue weighted by Crippen LogP contribution is 2.27. The third-order valence-corrected chi connectivity index (χ3v) is 3.39. The van der Waals surface area contributed by atoms with Crippen molar-refractivity contribution in [2.75, 3.05) is 45.4 Å². The molecule has 0 amide bonds. The fraction of sp³-hybridized carbons (Fsp3) is 0.571. The minimum atomic E-state index is -0.412. The van der Waals surface area contributed by atoms with Gasteiger partial charge in [0.15, 0.2) is 0 Å². The summed E-state index contributed by atoms with van der Waals surface area (Å²) in [6.45, 7) is 2.71. The smallest absolute Gasteiger partial charge is 0.269 e. The Kier molecular flexibility index (Phi) is 8.04. The molecule has 0 bridgehead atoms. The number of nitrogens with zero attached hydrogens (tertiary/aromatic N) is 2. The molecule has 1 rings (SSSR count). The van der Waals surface area contributed by atoms with E-state index in [0.717, 1.165) is 24.2 Å². The number of benzene rings is 1. The summed E-state index contributed by atoms with van der Waals surface area (Å²) in [7, 11) is 3.31. The molecular weight excluding hydrogens is 296 g/mol. The van der Waals surface area contributed by atoms with Crippen LogP contribution in [0.2, 0.25) is 0 Å².